The Bertz CT molecular complexity index is 182. The third-order valence-corrected chi connectivity index (χ3v) is 1.98. The van der Waals surface area contributed by atoms with Gasteiger partial charge < -0.3 is 4.90 Å². The van der Waals surface area contributed by atoms with Gasteiger partial charge in [-0.25, -0.2) is 4.99 Å². The maximum absolute atomic E-state index is 4.22. The molecular formula is C10H18N2. The summed E-state index contributed by atoms with van der Waals surface area (Å²) in [5.41, 5.74) is 1.47. The Morgan fingerprint density at radius 3 is 2.92 bits per heavy atom. The van der Waals surface area contributed by atoms with E-state index < -0.39 is 0 Å². The van der Waals surface area contributed by atoms with Gasteiger partial charge in [0.1, 0.15) is 0 Å². The molecule has 1 aliphatic rings. The van der Waals surface area contributed by atoms with E-state index in [0.29, 0.717) is 0 Å². The quantitative estimate of drug-likeness (QED) is 0.626. The van der Waals surface area contributed by atoms with E-state index >= 15 is 0 Å². The van der Waals surface area contributed by atoms with Gasteiger partial charge >= 0.3 is 0 Å². The molecule has 0 spiro atoms. The van der Waals surface area contributed by atoms with Crippen molar-refractivity contribution >= 4 is 6.34 Å². The summed E-state index contributed by atoms with van der Waals surface area (Å²) in [6.07, 6.45) is 7.57. The molecule has 0 aliphatic carbocycles. The standard InChI is InChI=1S/C10H18N2/c1-3-5-10-7-11-9-12(8-10)6-4-2/h7,9H,3-6,8H2,1-2H3. The zero-order chi connectivity index (χ0) is 8.81. The van der Waals surface area contributed by atoms with Gasteiger partial charge in [0.2, 0.25) is 0 Å². The van der Waals surface area contributed by atoms with Crippen molar-refractivity contribution in [1.82, 2.24) is 4.90 Å². The SMILES string of the molecule is CCCC1=CN=CN(CCC)C1. The first-order valence-electron chi connectivity index (χ1n) is 4.82. The van der Waals surface area contributed by atoms with Gasteiger partial charge in [-0.1, -0.05) is 20.3 Å². The van der Waals surface area contributed by atoms with E-state index in [9.17, 15) is 0 Å². The maximum Gasteiger partial charge on any atom is 0.0907 e. The first-order chi connectivity index (χ1) is 5.86. The fourth-order valence-electron chi connectivity index (χ4n) is 1.46. The van der Waals surface area contributed by atoms with Crippen LogP contribution in [0, 0.1) is 0 Å². The van der Waals surface area contributed by atoms with Gasteiger partial charge in [0, 0.05) is 19.3 Å². The van der Waals surface area contributed by atoms with E-state index in [4.69, 9.17) is 0 Å². The summed E-state index contributed by atoms with van der Waals surface area (Å²) in [6, 6.07) is 0. The lowest BCUT2D eigenvalue weighted by Gasteiger charge is -2.22. The van der Waals surface area contributed by atoms with Crippen molar-refractivity contribution < 1.29 is 0 Å². The molecule has 12 heavy (non-hydrogen) atoms. The molecule has 1 heterocycles. The third kappa shape index (κ3) is 2.68. The lowest BCUT2D eigenvalue weighted by Crippen LogP contribution is -2.27. The maximum atomic E-state index is 4.22. The van der Waals surface area contributed by atoms with Crippen LogP contribution in [-0.2, 0) is 0 Å². The summed E-state index contributed by atoms with van der Waals surface area (Å²) < 4.78 is 0. The predicted molar refractivity (Wildman–Crippen MR) is 53.3 cm³/mol. The van der Waals surface area contributed by atoms with Crippen LogP contribution in [0.4, 0.5) is 0 Å². The number of rotatable bonds is 4. The van der Waals surface area contributed by atoms with E-state index in [1.807, 2.05) is 12.5 Å². The van der Waals surface area contributed by atoms with Crippen molar-refractivity contribution in [2.45, 2.75) is 33.1 Å². The van der Waals surface area contributed by atoms with Gasteiger partial charge in [0.05, 0.1) is 6.34 Å². The highest BCUT2D eigenvalue weighted by atomic mass is 15.2. The molecule has 0 aromatic rings. The summed E-state index contributed by atoms with van der Waals surface area (Å²) >= 11 is 0. The molecule has 0 fully saturated rings. The second-order valence-electron chi connectivity index (χ2n) is 3.27. The molecule has 0 bridgehead atoms. The second kappa shape index (κ2) is 4.96. The fourth-order valence-corrected chi connectivity index (χ4v) is 1.46. The molecule has 2 nitrogen and oxygen atoms in total. The normalized spacial score (nSPS) is 16.5. The minimum atomic E-state index is 1.09. The van der Waals surface area contributed by atoms with Crippen LogP contribution in [-0.4, -0.2) is 24.3 Å². The van der Waals surface area contributed by atoms with E-state index in [0.717, 1.165) is 13.1 Å². The molecule has 0 amide bonds. The number of aliphatic imine (C=N–C) groups is 1. The van der Waals surface area contributed by atoms with Crippen LogP contribution in [0.5, 0.6) is 0 Å². The molecule has 68 valence electrons. The summed E-state index contributed by atoms with van der Waals surface area (Å²) in [4.78, 5) is 6.50. The molecule has 0 saturated carbocycles. The minimum Gasteiger partial charge on any atom is -0.359 e. The second-order valence-corrected chi connectivity index (χ2v) is 3.27. The van der Waals surface area contributed by atoms with E-state index in [-0.39, 0.29) is 0 Å². The Balaban J connectivity index is 2.38. The van der Waals surface area contributed by atoms with Crippen molar-refractivity contribution in [2.75, 3.05) is 13.1 Å². The molecule has 0 atom stereocenters. The summed E-state index contributed by atoms with van der Waals surface area (Å²) in [5.74, 6) is 0. The summed E-state index contributed by atoms with van der Waals surface area (Å²) in [6.45, 7) is 6.63. The third-order valence-electron chi connectivity index (χ3n) is 1.98. The first-order valence-corrected chi connectivity index (χ1v) is 4.82. The largest absolute Gasteiger partial charge is 0.359 e. The average molecular weight is 166 g/mol. The van der Waals surface area contributed by atoms with Crippen LogP contribution in [0.25, 0.3) is 0 Å². The van der Waals surface area contributed by atoms with E-state index in [1.54, 1.807) is 0 Å². The number of hydrogen-bond acceptors (Lipinski definition) is 2. The van der Waals surface area contributed by atoms with Gasteiger partial charge in [-0.05, 0) is 18.4 Å². The van der Waals surface area contributed by atoms with Crippen molar-refractivity contribution in [3.05, 3.63) is 11.8 Å². The molecule has 1 aliphatic heterocycles. The minimum absolute atomic E-state index is 1.09. The van der Waals surface area contributed by atoms with Crippen molar-refractivity contribution in [1.29, 1.82) is 0 Å². The lowest BCUT2D eigenvalue weighted by atomic mass is 10.1. The Labute approximate surface area is 75.0 Å². The molecule has 0 aromatic heterocycles. The highest BCUT2D eigenvalue weighted by Gasteiger charge is 2.05. The van der Waals surface area contributed by atoms with Gasteiger partial charge in [0.25, 0.3) is 0 Å². The number of nitrogens with zero attached hydrogens (tertiary/aromatic N) is 2. The zero-order valence-electron chi connectivity index (χ0n) is 8.08. The van der Waals surface area contributed by atoms with Crippen molar-refractivity contribution in [2.24, 2.45) is 4.99 Å². The van der Waals surface area contributed by atoms with Gasteiger partial charge in [-0.3, -0.25) is 0 Å². The summed E-state index contributed by atoms with van der Waals surface area (Å²) in [7, 11) is 0. The summed E-state index contributed by atoms with van der Waals surface area (Å²) in [5, 5.41) is 0. The van der Waals surface area contributed by atoms with Crippen LogP contribution < -0.4 is 0 Å². The Morgan fingerprint density at radius 1 is 1.42 bits per heavy atom. The molecule has 1 rings (SSSR count). The van der Waals surface area contributed by atoms with E-state index in [1.165, 1.54) is 24.8 Å². The van der Waals surface area contributed by atoms with Crippen LogP contribution in [0.1, 0.15) is 33.1 Å². The van der Waals surface area contributed by atoms with Crippen LogP contribution in [0.3, 0.4) is 0 Å². The molecule has 2 heteroatoms. The number of hydrogen-bond donors (Lipinski definition) is 0. The highest BCUT2D eigenvalue weighted by molar-refractivity contribution is 5.58. The Hall–Kier alpha value is -0.790. The first kappa shape index (κ1) is 9.30. The molecule has 0 unspecified atom stereocenters. The van der Waals surface area contributed by atoms with Crippen LogP contribution in [0.2, 0.25) is 0 Å². The topological polar surface area (TPSA) is 15.6 Å². The molecule has 0 aromatic carbocycles. The van der Waals surface area contributed by atoms with Crippen LogP contribution >= 0.6 is 0 Å². The van der Waals surface area contributed by atoms with Crippen molar-refractivity contribution in [3.8, 4) is 0 Å². The molecule has 0 radical (unpaired) electrons. The Morgan fingerprint density at radius 2 is 2.25 bits per heavy atom. The predicted octanol–water partition coefficient (Wildman–Crippen LogP) is 2.42. The van der Waals surface area contributed by atoms with Crippen LogP contribution in [0.15, 0.2) is 16.8 Å². The smallest absolute Gasteiger partial charge is 0.0907 e. The lowest BCUT2D eigenvalue weighted by molar-refractivity contribution is 0.450. The average Bonchev–Trinajstić information content (AvgIpc) is 2.06. The molecular weight excluding hydrogens is 148 g/mol. The molecule has 0 saturated heterocycles. The van der Waals surface area contributed by atoms with Crippen molar-refractivity contribution in [3.63, 3.8) is 0 Å². The van der Waals surface area contributed by atoms with Gasteiger partial charge in [0.15, 0.2) is 0 Å². The zero-order valence-corrected chi connectivity index (χ0v) is 8.08. The fraction of sp³-hybridized carbons (Fsp3) is 0.700. The van der Waals surface area contributed by atoms with Gasteiger partial charge in [-0.15, -0.1) is 0 Å². The Kier molecular flexibility index (Phi) is 3.85. The monoisotopic (exact) mass is 166 g/mol. The van der Waals surface area contributed by atoms with Gasteiger partial charge in [-0.2, -0.15) is 0 Å². The highest BCUT2D eigenvalue weighted by Crippen LogP contribution is 2.10. The van der Waals surface area contributed by atoms with E-state index in [2.05, 4.69) is 23.7 Å². The molecule has 0 N–H and O–H groups in total.